The van der Waals surface area contributed by atoms with Crippen molar-refractivity contribution in [1.82, 2.24) is 9.72 Å². The Morgan fingerprint density at radius 1 is 1.53 bits per heavy atom. The van der Waals surface area contributed by atoms with Crippen molar-refractivity contribution in [2.24, 2.45) is 0 Å². The van der Waals surface area contributed by atoms with Gasteiger partial charge in [-0.2, -0.15) is 0 Å². The summed E-state index contributed by atoms with van der Waals surface area (Å²) in [7, 11) is 0. The highest BCUT2D eigenvalue weighted by Gasteiger charge is 2.16. The molecule has 0 fully saturated rings. The summed E-state index contributed by atoms with van der Waals surface area (Å²) in [6.07, 6.45) is 3.03. The molecule has 15 heavy (non-hydrogen) atoms. The van der Waals surface area contributed by atoms with Crippen molar-refractivity contribution in [3.05, 3.63) is 35.5 Å². The molecule has 0 unspecified atom stereocenters. The van der Waals surface area contributed by atoms with Crippen LogP contribution < -0.4 is 0 Å². The number of aromatic nitrogens is 2. The Balaban J connectivity index is 2.63. The Hall–Kier alpha value is -2.04. The topological polar surface area (TPSA) is 68.3 Å². The van der Waals surface area contributed by atoms with E-state index in [1.807, 2.05) is 6.92 Å². The highest BCUT2D eigenvalue weighted by Crippen LogP contribution is 2.20. The zero-order chi connectivity index (χ0) is 11.0. The van der Waals surface area contributed by atoms with Crippen LogP contribution >= 0.6 is 0 Å². The molecule has 0 atom stereocenters. The van der Waals surface area contributed by atoms with Gasteiger partial charge in [0.05, 0.1) is 11.8 Å². The first-order chi connectivity index (χ1) is 7.11. The Kier molecular flexibility index (Phi) is 2.07. The maximum atomic E-state index is 10.9. The molecule has 0 amide bonds. The molecule has 0 radical (unpaired) electrons. The van der Waals surface area contributed by atoms with Gasteiger partial charge in [0.2, 0.25) is 0 Å². The van der Waals surface area contributed by atoms with E-state index < -0.39 is 5.97 Å². The van der Waals surface area contributed by atoms with Crippen molar-refractivity contribution in [1.29, 1.82) is 0 Å². The SMILES string of the molecule is Cc1cc(C(=O)O)c(C)n1-c1cnoc1. The number of hydrogen-bond donors (Lipinski definition) is 1. The average molecular weight is 206 g/mol. The molecule has 0 saturated heterocycles. The number of aromatic carboxylic acids is 1. The van der Waals surface area contributed by atoms with Gasteiger partial charge in [-0.1, -0.05) is 5.16 Å². The third-order valence-corrected chi connectivity index (χ3v) is 2.34. The molecule has 78 valence electrons. The molecule has 0 spiro atoms. The quantitative estimate of drug-likeness (QED) is 0.813. The van der Waals surface area contributed by atoms with Crippen LogP contribution in [-0.4, -0.2) is 20.8 Å². The Morgan fingerprint density at radius 3 is 2.73 bits per heavy atom. The smallest absolute Gasteiger partial charge is 0.337 e. The van der Waals surface area contributed by atoms with Crippen molar-refractivity contribution >= 4 is 5.97 Å². The number of aryl methyl sites for hydroxylation is 1. The van der Waals surface area contributed by atoms with Gasteiger partial charge in [-0.3, -0.25) is 0 Å². The zero-order valence-corrected chi connectivity index (χ0v) is 8.39. The molecular formula is C10H10N2O3. The number of nitrogens with zero attached hydrogens (tertiary/aromatic N) is 2. The van der Waals surface area contributed by atoms with E-state index in [0.29, 0.717) is 11.3 Å². The minimum atomic E-state index is -0.925. The van der Waals surface area contributed by atoms with Crippen LogP contribution in [0.4, 0.5) is 0 Å². The summed E-state index contributed by atoms with van der Waals surface area (Å²) in [5.74, 6) is -0.925. The summed E-state index contributed by atoms with van der Waals surface area (Å²) in [6, 6.07) is 1.63. The molecule has 0 aliphatic carbocycles. The van der Waals surface area contributed by atoms with Crippen molar-refractivity contribution in [3.8, 4) is 5.69 Å². The molecule has 5 heteroatoms. The molecule has 2 aromatic rings. The first kappa shape index (κ1) is 9.51. The molecule has 0 aromatic carbocycles. The second kappa shape index (κ2) is 3.27. The van der Waals surface area contributed by atoms with E-state index >= 15 is 0 Å². The van der Waals surface area contributed by atoms with Crippen LogP contribution in [0.15, 0.2) is 23.0 Å². The third-order valence-electron chi connectivity index (χ3n) is 2.34. The second-order valence-electron chi connectivity index (χ2n) is 3.31. The molecule has 5 nitrogen and oxygen atoms in total. The molecule has 0 aliphatic heterocycles. The van der Waals surface area contributed by atoms with Gasteiger partial charge >= 0.3 is 5.97 Å². The van der Waals surface area contributed by atoms with Gasteiger partial charge in [0.1, 0.15) is 12.0 Å². The Labute approximate surface area is 85.9 Å². The normalized spacial score (nSPS) is 10.5. The van der Waals surface area contributed by atoms with Crippen LogP contribution in [0.2, 0.25) is 0 Å². The first-order valence-corrected chi connectivity index (χ1v) is 4.43. The summed E-state index contributed by atoms with van der Waals surface area (Å²) in [5.41, 5.74) is 2.54. The lowest BCUT2D eigenvalue weighted by Gasteiger charge is -2.04. The summed E-state index contributed by atoms with van der Waals surface area (Å²) in [6.45, 7) is 3.59. The van der Waals surface area contributed by atoms with Gasteiger partial charge in [0.15, 0.2) is 0 Å². The molecular weight excluding hydrogens is 196 g/mol. The molecule has 2 heterocycles. The van der Waals surface area contributed by atoms with E-state index in [1.165, 1.54) is 6.26 Å². The van der Waals surface area contributed by atoms with E-state index in [-0.39, 0.29) is 0 Å². The molecule has 1 N–H and O–H groups in total. The van der Waals surface area contributed by atoms with Crippen molar-refractivity contribution in [2.45, 2.75) is 13.8 Å². The molecule has 0 bridgehead atoms. The fourth-order valence-corrected chi connectivity index (χ4v) is 1.69. The van der Waals surface area contributed by atoms with Crippen LogP contribution in [0.25, 0.3) is 5.69 Å². The number of carboxylic acids is 1. The van der Waals surface area contributed by atoms with Gasteiger partial charge in [0, 0.05) is 11.4 Å². The fraction of sp³-hybridized carbons (Fsp3) is 0.200. The lowest BCUT2D eigenvalue weighted by Crippen LogP contribution is -2.01. The van der Waals surface area contributed by atoms with Crippen LogP contribution in [-0.2, 0) is 0 Å². The Bertz CT molecular complexity index is 497. The first-order valence-electron chi connectivity index (χ1n) is 4.43. The van der Waals surface area contributed by atoms with Crippen LogP contribution in [0.3, 0.4) is 0 Å². The van der Waals surface area contributed by atoms with E-state index in [4.69, 9.17) is 9.63 Å². The van der Waals surface area contributed by atoms with Crippen LogP contribution in [0.1, 0.15) is 21.7 Å². The summed E-state index contributed by atoms with van der Waals surface area (Å²) in [5, 5.41) is 12.5. The van der Waals surface area contributed by atoms with Crippen LogP contribution in [0, 0.1) is 13.8 Å². The number of rotatable bonds is 2. The van der Waals surface area contributed by atoms with Crippen molar-refractivity contribution < 1.29 is 14.4 Å². The fourth-order valence-electron chi connectivity index (χ4n) is 1.69. The minimum absolute atomic E-state index is 0.300. The third kappa shape index (κ3) is 1.41. The maximum absolute atomic E-state index is 10.9. The van der Waals surface area contributed by atoms with Gasteiger partial charge in [-0.15, -0.1) is 0 Å². The van der Waals surface area contributed by atoms with E-state index in [2.05, 4.69) is 5.16 Å². The monoisotopic (exact) mass is 206 g/mol. The standard InChI is InChI=1S/C10H10N2O3/c1-6-3-9(10(13)14)7(2)12(6)8-4-11-15-5-8/h3-5H,1-2H3,(H,13,14). The van der Waals surface area contributed by atoms with Crippen molar-refractivity contribution in [2.75, 3.05) is 0 Å². The Morgan fingerprint density at radius 2 is 2.27 bits per heavy atom. The lowest BCUT2D eigenvalue weighted by atomic mass is 10.2. The zero-order valence-electron chi connectivity index (χ0n) is 8.39. The van der Waals surface area contributed by atoms with E-state index in [0.717, 1.165) is 11.4 Å². The van der Waals surface area contributed by atoms with E-state index in [1.54, 1.807) is 23.8 Å². The summed E-state index contributed by atoms with van der Waals surface area (Å²) >= 11 is 0. The summed E-state index contributed by atoms with van der Waals surface area (Å²) in [4.78, 5) is 10.9. The maximum Gasteiger partial charge on any atom is 0.337 e. The predicted octanol–water partition coefficient (Wildman–Crippen LogP) is 1.78. The lowest BCUT2D eigenvalue weighted by molar-refractivity contribution is 0.0696. The minimum Gasteiger partial charge on any atom is -0.478 e. The second-order valence-corrected chi connectivity index (χ2v) is 3.31. The van der Waals surface area contributed by atoms with Crippen molar-refractivity contribution in [3.63, 3.8) is 0 Å². The van der Waals surface area contributed by atoms with Gasteiger partial charge in [-0.25, -0.2) is 4.79 Å². The van der Waals surface area contributed by atoms with Crippen LogP contribution in [0.5, 0.6) is 0 Å². The highest BCUT2D eigenvalue weighted by atomic mass is 16.5. The van der Waals surface area contributed by atoms with Gasteiger partial charge in [0.25, 0.3) is 0 Å². The number of carboxylic acid groups (broad SMARTS) is 1. The molecule has 2 aromatic heterocycles. The average Bonchev–Trinajstić information content (AvgIpc) is 2.73. The summed E-state index contributed by atoms with van der Waals surface area (Å²) < 4.78 is 6.52. The molecule has 0 aliphatic rings. The number of carbonyl (C=O) groups is 1. The largest absolute Gasteiger partial charge is 0.478 e. The predicted molar refractivity (Wildman–Crippen MR) is 52.3 cm³/mol. The molecule has 2 rings (SSSR count). The molecule has 0 saturated carbocycles. The van der Waals surface area contributed by atoms with Gasteiger partial charge < -0.3 is 14.2 Å². The van der Waals surface area contributed by atoms with Gasteiger partial charge in [-0.05, 0) is 19.9 Å². The number of hydrogen-bond acceptors (Lipinski definition) is 3. The highest BCUT2D eigenvalue weighted by molar-refractivity contribution is 5.89. The van der Waals surface area contributed by atoms with E-state index in [9.17, 15) is 4.79 Å².